The highest BCUT2D eigenvalue weighted by Crippen LogP contribution is 2.20. The van der Waals surface area contributed by atoms with E-state index in [1.165, 1.54) is 21.6 Å². The monoisotopic (exact) mass is 422 g/mol. The van der Waals surface area contributed by atoms with E-state index in [1.54, 1.807) is 0 Å². The van der Waals surface area contributed by atoms with Crippen LogP contribution in [0.15, 0.2) is 0 Å². The Kier molecular flexibility index (Phi) is 8.51. The van der Waals surface area contributed by atoms with Crippen molar-refractivity contribution in [2.24, 2.45) is 0 Å². The van der Waals surface area contributed by atoms with Crippen LogP contribution in [0.1, 0.15) is 25.7 Å². The van der Waals surface area contributed by atoms with E-state index in [9.17, 15) is 24.0 Å². The van der Waals surface area contributed by atoms with Crippen LogP contribution in [-0.2, 0) is 33.5 Å². The quantitative estimate of drug-likeness (QED) is 0.230. The van der Waals surface area contributed by atoms with Gasteiger partial charge in [0.05, 0.1) is 6.54 Å². The Morgan fingerprint density at radius 3 is 1.89 bits per heavy atom. The fourth-order valence-corrected chi connectivity index (χ4v) is 3.68. The summed E-state index contributed by atoms with van der Waals surface area (Å²) in [5, 5.41) is 1.40. The zero-order valence-corrected chi connectivity index (χ0v) is 15.9. The van der Waals surface area contributed by atoms with E-state index in [0.29, 0.717) is 36.0 Å². The second-order valence-electron chi connectivity index (χ2n) is 5.20. The van der Waals surface area contributed by atoms with E-state index in [2.05, 4.69) is 4.84 Å². The Hall–Kier alpha value is -2.15. The van der Waals surface area contributed by atoms with Gasteiger partial charge in [0.1, 0.15) is 13.2 Å². The van der Waals surface area contributed by atoms with Crippen molar-refractivity contribution in [2.45, 2.75) is 25.7 Å². The standard InChI is InChI=1S/C14H18N2O9S2/c17-10-2-1-5-15(10)24-13(20)22-6-8-26-27-9-7-23-14(21)25-16-11(18)3-4-12(16)19/h1-9H2. The van der Waals surface area contributed by atoms with Crippen LogP contribution in [0.2, 0.25) is 0 Å². The van der Waals surface area contributed by atoms with Crippen molar-refractivity contribution in [2.75, 3.05) is 31.3 Å². The molecule has 11 nitrogen and oxygen atoms in total. The van der Waals surface area contributed by atoms with Gasteiger partial charge in [0, 0.05) is 30.8 Å². The van der Waals surface area contributed by atoms with Gasteiger partial charge in [0.2, 0.25) is 0 Å². The van der Waals surface area contributed by atoms with Crippen molar-refractivity contribution in [1.29, 1.82) is 0 Å². The second-order valence-corrected chi connectivity index (χ2v) is 7.91. The molecule has 0 N–H and O–H groups in total. The van der Waals surface area contributed by atoms with E-state index in [1.807, 2.05) is 0 Å². The number of ether oxygens (including phenoxy) is 2. The molecular weight excluding hydrogens is 404 g/mol. The summed E-state index contributed by atoms with van der Waals surface area (Å²) in [6.45, 7) is 0.494. The lowest BCUT2D eigenvalue weighted by Gasteiger charge is -2.13. The van der Waals surface area contributed by atoms with Gasteiger partial charge in [-0.2, -0.15) is 5.06 Å². The number of imide groups is 1. The third kappa shape index (κ3) is 7.17. The molecule has 2 rings (SSSR count). The van der Waals surface area contributed by atoms with Gasteiger partial charge in [-0.15, -0.1) is 0 Å². The van der Waals surface area contributed by atoms with Crippen LogP contribution in [0, 0.1) is 0 Å². The van der Waals surface area contributed by atoms with Gasteiger partial charge in [0.25, 0.3) is 17.7 Å². The van der Waals surface area contributed by atoms with Gasteiger partial charge < -0.3 is 14.3 Å². The molecule has 2 saturated heterocycles. The maximum Gasteiger partial charge on any atom is 0.533 e. The second kappa shape index (κ2) is 10.9. The van der Waals surface area contributed by atoms with Crippen molar-refractivity contribution in [3.8, 4) is 0 Å². The van der Waals surface area contributed by atoms with Crippen molar-refractivity contribution >= 4 is 51.6 Å². The largest absolute Gasteiger partial charge is 0.533 e. The topological polar surface area (TPSA) is 129 Å². The first-order chi connectivity index (χ1) is 13.0. The van der Waals surface area contributed by atoms with Crippen LogP contribution >= 0.6 is 21.6 Å². The van der Waals surface area contributed by atoms with Gasteiger partial charge in [-0.25, -0.2) is 9.59 Å². The van der Waals surface area contributed by atoms with Crippen LogP contribution in [-0.4, -0.2) is 71.4 Å². The van der Waals surface area contributed by atoms with Gasteiger partial charge in [-0.1, -0.05) is 26.7 Å². The molecule has 0 radical (unpaired) electrons. The van der Waals surface area contributed by atoms with Crippen LogP contribution in [0.25, 0.3) is 0 Å². The van der Waals surface area contributed by atoms with Gasteiger partial charge in [-0.3, -0.25) is 19.2 Å². The number of carbonyl (C=O) groups excluding carboxylic acids is 5. The van der Waals surface area contributed by atoms with Gasteiger partial charge in [0.15, 0.2) is 0 Å². The van der Waals surface area contributed by atoms with E-state index in [-0.39, 0.29) is 32.0 Å². The van der Waals surface area contributed by atoms with E-state index in [4.69, 9.17) is 14.3 Å². The molecule has 0 aliphatic carbocycles. The van der Waals surface area contributed by atoms with Gasteiger partial charge >= 0.3 is 12.3 Å². The highest BCUT2D eigenvalue weighted by Gasteiger charge is 2.33. The SMILES string of the molecule is O=C(OCCSSCCOC(=O)ON1C(=O)CCC1=O)ON1CCCC1=O. The van der Waals surface area contributed by atoms with Crippen LogP contribution in [0.4, 0.5) is 9.59 Å². The Morgan fingerprint density at radius 2 is 1.37 bits per heavy atom. The van der Waals surface area contributed by atoms with Crippen molar-refractivity contribution in [1.82, 2.24) is 10.1 Å². The predicted molar refractivity (Wildman–Crippen MR) is 91.8 cm³/mol. The highest BCUT2D eigenvalue weighted by atomic mass is 33.1. The van der Waals surface area contributed by atoms with Crippen molar-refractivity contribution < 1.29 is 43.1 Å². The fourth-order valence-electron chi connectivity index (χ4n) is 2.03. The molecule has 27 heavy (non-hydrogen) atoms. The highest BCUT2D eigenvalue weighted by molar-refractivity contribution is 8.76. The summed E-state index contributed by atoms with van der Waals surface area (Å²) in [7, 11) is 2.74. The summed E-state index contributed by atoms with van der Waals surface area (Å²) in [6.07, 6.45) is -0.996. The molecule has 13 heteroatoms. The Labute approximate surface area is 162 Å². The smallest absolute Gasteiger partial charge is 0.432 e. The minimum Gasteiger partial charge on any atom is -0.432 e. The van der Waals surface area contributed by atoms with E-state index in [0.717, 1.165) is 5.06 Å². The van der Waals surface area contributed by atoms with E-state index >= 15 is 0 Å². The first-order valence-electron chi connectivity index (χ1n) is 8.07. The molecule has 2 aliphatic heterocycles. The molecule has 0 spiro atoms. The minimum absolute atomic E-state index is 0.0164. The number of rotatable bonds is 9. The molecular formula is C14H18N2O9S2. The third-order valence-electron chi connectivity index (χ3n) is 3.24. The molecule has 0 aromatic rings. The maximum atomic E-state index is 11.4. The molecule has 0 bridgehead atoms. The third-order valence-corrected chi connectivity index (χ3v) is 5.58. The number of amides is 3. The number of hydrogen-bond acceptors (Lipinski definition) is 11. The predicted octanol–water partition coefficient (Wildman–Crippen LogP) is 1.28. The average Bonchev–Trinajstić information content (AvgIpc) is 3.17. The molecule has 2 aliphatic rings. The molecule has 0 unspecified atom stereocenters. The number of hydroxylamine groups is 4. The molecule has 0 aromatic carbocycles. The van der Waals surface area contributed by atoms with Gasteiger partial charge in [-0.05, 0) is 6.42 Å². The Balaban J connectivity index is 1.42. The first-order valence-corrected chi connectivity index (χ1v) is 10.6. The fraction of sp³-hybridized carbons (Fsp3) is 0.643. The minimum atomic E-state index is -1.12. The molecule has 2 fully saturated rings. The van der Waals surface area contributed by atoms with Crippen LogP contribution in [0.5, 0.6) is 0 Å². The normalized spacial score (nSPS) is 16.7. The van der Waals surface area contributed by atoms with Crippen molar-refractivity contribution in [3.05, 3.63) is 0 Å². The molecule has 0 saturated carbocycles. The Morgan fingerprint density at radius 1 is 0.815 bits per heavy atom. The zero-order valence-electron chi connectivity index (χ0n) is 14.2. The van der Waals surface area contributed by atoms with Crippen LogP contribution < -0.4 is 0 Å². The maximum absolute atomic E-state index is 11.4. The summed E-state index contributed by atoms with van der Waals surface area (Å²) in [5.74, 6) is -0.499. The first kappa shape index (κ1) is 21.2. The molecule has 3 amide bonds. The molecule has 150 valence electrons. The lowest BCUT2D eigenvalue weighted by molar-refractivity contribution is -0.176. The lowest BCUT2D eigenvalue weighted by Crippen LogP contribution is -2.32. The summed E-state index contributed by atoms with van der Waals surface area (Å²) in [4.78, 5) is 65.8. The van der Waals surface area contributed by atoms with Crippen LogP contribution in [0.3, 0.4) is 0 Å². The summed E-state index contributed by atoms with van der Waals surface area (Å²) >= 11 is 0. The number of hydrogen-bond donors (Lipinski definition) is 0. The Bertz CT molecular complexity index is 585. The average molecular weight is 422 g/mol. The van der Waals surface area contributed by atoms with Crippen molar-refractivity contribution in [3.63, 3.8) is 0 Å². The summed E-state index contributed by atoms with van der Waals surface area (Å²) < 4.78 is 9.57. The molecule has 2 heterocycles. The molecule has 0 atom stereocenters. The lowest BCUT2D eigenvalue weighted by atomic mass is 10.4. The number of carbonyl (C=O) groups is 5. The number of nitrogens with zero attached hydrogens (tertiary/aromatic N) is 2. The zero-order chi connectivity index (χ0) is 19.6. The van der Waals surface area contributed by atoms with E-state index < -0.39 is 24.1 Å². The molecule has 0 aromatic heterocycles. The summed E-state index contributed by atoms with van der Waals surface area (Å²) in [6, 6.07) is 0. The summed E-state index contributed by atoms with van der Waals surface area (Å²) in [5.41, 5.74) is 0.